The predicted molar refractivity (Wildman–Crippen MR) is 107 cm³/mol. The fourth-order valence-electron chi connectivity index (χ4n) is 2.42. The Morgan fingerprint density at radius 2 is 1.70 bits per heavy atom. The molecule has 2 rings (SSSR count). The number of carbonyl (C=O) groups is 1. The second-order valence-electron chi connectivity index (χ2n) is 5.58. The summed E-state index contributed by atoms with van der Waals surface area (Å²) >= 11 is 6.01. The zero-order valence-corrected chi connectivity index (χ0v) is 16.8. The highest BCUT2D eigenvalue weighted by molar-refractivity contribution is 7.89. The molecule has 0 atom stereocenters. The maximum atomic E-state index is 12.4. The predicted octanol–water partition coefficient (Wildman–Crippen LogP) is 3.15. The van der Waals surface area contributed by atoms with Gasteiger partial charge in [0.1, 0.15) is 0 Å². The van der Waals surface area contributed by atoms with Gasteiger partial charge in [0.2, 0.25) is 10.0 Å². The first-order valence-electron chi connectivity index (χ1n) is 8.52. The van der Waals surface area contributed by atoms with Crippen molar-refractivity contribution < 1.29 is 13.2 Å². The van der Waals surface area contributed by atoms with Crippen LogP contribution in [-0.4, -0.2) is 38.3 Å². The maximum Gasteiger partial charge on any atom is 0.252 e. The van der Waals surface area contributed by atoms with Crippen LogP contribution in [0.3, 0.4) is 0 Å². The smallest absolute Gasteiger partial charge is 0.252 e. The number of hydrogen-bond donors (Lipinski definition) is 1. The van der Waals surface area contributed by atoms with E-state index in [4.69, 9.17) is 11.6 Å². The van der Waals surface area contributed by atoms with Crippen molar-refractivity contribution in [1.82, 2.24) is 9.62 Å². The summed E-state index contributed by atoms with van der Waals surface area (Å²) in [4.78, 5) is 12.3. The number of halogens is 1. The Morgan fingerprint density at radius 1 is 1.07 bits per heavy atom. The molecule has 0 saturated carbocycles. The van der Waals surface area contributed by atoms with Crippen molar-refractivity contribution in [3.05, 3.63) is 64.7 Å². The Balaban J connectivity index is 2.01. The molecule has 5 nitrogen and oxygen atoms in total. The second-order valence-corrected chi connectivity index (χ2v) is 7.92. The van der Waals surface area contributed by atoms with Crippen molar-refractivity contribution in [1.29, 1.82) is 0 Å². The summed E-state index contributed by atoms with van der Waals surface area (Å²) in [6.45, 7) is 4.51. The highest BCUT2D eigenvalue weighted by Crippen LogP contribution is 2.16. The van der Waals surface area contributed by atoms with E-state index in [9.17, 15) is 13.2 Å². The molecule has 2 aromatic rings. The van der Waals surface area contributed by atoms with Gasteiger partial charge in [0.05, 0.1) is 16.5 Å². The van der Waals surface area contributed by atoms with E-state index in [0.29, 0.717) is 29.2 Å². The molecule has 0 heterocycles. The molecule has 1 amide bonds. The van der Waals surface area contributed by atoms with Crippen LogP contribution in [0.2, 0.25) is 5.02 Å². The molecule has 0 aromatic heterocycles. The van der Waals surface area contributed by atoms with Crippen LogP contribution in [0.4, 0.5) is 0 Å². The Hall–Kier alpha value is -2.33. The number of sulfonamides is 1. The van der Waals surface area contributed by atoms with Gasteiger partial charge in [-0.25, -0.2) is 8.42 Å². The third-order valence-corrected chi connectivity index (χ3v) is 6.29. The van der Waals surface area contributed by atoms with Crippen LogP contribution >= 0.6 is 11.6 Å². The number of benzene rings is 2. The van der Waals surface area contributed by atoms with Gasteiger partial charge in [-0.3, -0.25) is 4.79 Å². The quantitative estimate of drug-likeness (QED) is 0.752. The van der Waals surface area contributed by atoms with Crippen molar-refractivity contribution in [3.63, 3.8) is 0 Å². The van der Waals surface area contributed by atoms with Gasteiger partial charge in [0.25, 0.3) is 5.91 Å². The molecule has 0 aliphatic heterocycles. The van der Waals surface area contributed by atoms with Crippen molar-refractivity contribution in [2.45, 2.75) is 18.7 Å². The normalized spacial score (nSPS) is 11.0. The monoisotopic (exact) mass is 404 g/mol. The summed E-state index contributed by atoms with van der Waals surface area (Å²) in [5, 5.41) is 3.23. The number of nitrogens with one attached hydrogen (secondary N) is 1. The van der Waals surface area contributed by atoms with Crippen LogP contribution in [0.25, 0.3) is 0 Å². The second kappa shape index (κ2) is 9.56. The summed E-state index contributed by atoms with van der Waals surface area (Å²) in [6, 6.07) is 13.1. The summed E-state index contributed by atoms with van der Waals surface area (Å²) in [6.07, 6.45) is 0. The molecular formula is C20H21ClN2O3S. The van der Waals surface area contributed by atoms with Crippen LogP contribution < -0.4 is 5.32 Å². The zero-order valence-electron chi connectivity index (χ0n) is 15.2. The van der Waals surface area contributed by atoms with E-state index < -0.39 is 10.0 Å². The summed E-state index contributed by atoms with van der Waals surface area (Å²) in [7, 11) is -3.53. The van der Waals surface area contributed by atoms with Crippen LogP contribution in [0.1, 0.15) is 29.8 Å². The SMILES string of the molecule is CCN(CC)S(=O)(=O)c1ccc(C(=O)NCC#Cc2ccccc2Cl)cc1. The fourth-order valence-corrected chi connectivity index (χ4v) is 4.06. The van der Waals surface area contributed by atoms with Crippen molar-refractivity contribution in [2.24, 2.45) is 0 Å². The van der Waals surface area contributed by atoms with E-state index in [2.05, 4.69) is 17.2 Å². The molecule has 0 unspecified atom stereocenters. The highest BCUT2D eigenvalue weighted by atomic mass is 35.5. The third kappa shape index (κ3) is 5.33. The molecule has 1 N–H and O–H groups in total. The lowest BCUT2D eigenvalue weighted by Crippen LogP contribution is -2.30. The Bertz CT molecular complexity index is 957. The van der Waals surface area contributed by atoms with E-state index in [0.717, 1.165) is 0 Å². The van der Waals surface area contributed by atoms with Gasteiger partial charge >= 0.3 is 0 Å². The van der Waals surface area contributed by atoms with E-state index in [1.165, 1.54) is 28.6 Å². The van der Waals surface area contributed by atoms with Gasteiger partial charge in [-0.2, -0.15) is 4.31 Å². The molecule has 0 bridgehead atoms. The Kier molecular flexibility index (Phi) is 7.43. The molecule has 27 heavy (non-hydrogen) atoms. The Morgan fingerprint density at radius 3 is 2.30 bits per heavy atom. The molecule has 0 saturated heterocycles. The average molecular weight is 405 g/mol. The molecule has 142 valence electrons. The molecule has 0 fully saturated rings. The molecule has 2 aromatic carbocycles. The molecular weight excluding hydrogens is 384 g/mol. The van der Waals surface area contributed by atoms with E-state index in [1.54, 1.807) is 26.0 Å². The third-order valence-electron chi connectivity index (χ3n) is 3.89. The van der Waals surface area contributed by atoms with Gasteiger partial charge in [0, 0.05) is 24.2 Å². The van der Waals surface area contributed by atoms with Gasteiger partial charge < -0.3 is 5.32 Å². The number of nitrogens with zero attached hydrogens (tertiary/aromatic N) is 1. The molecule has 0 spiro atoms. The lowest BCUT2D eigenvalue weighted by atomic mass is 10.2. The maximum absolute atomic E-state index is 12.4. The van der Waals surface area contributed by atoms with Crippen LogP contribution in [0, 0.1) is 11.8 Å². The topological polar surface area (TPSA) is 66.5 Å². The highest BCUT2D eigenvalue weighted by Gasteiger charge is 2.21. The Labute approximate surface area is 165 Å². The minimum Gasteiger partial charge on any atom is -0.341 e. The van der Waals surface area contributed by atoms with Crippen molar-refractivity contribution in [3.8, 4) is 11.8 Å². The molecule has 0 radical (unpaired) electrons. The first kappa shape index (κ1) is 21.0. The number of rotatable bonds is 6. The van der Waals surface area contributed by atoms with Crippen molar-refractivity contribution >= 4 is 27.5 Å². The first-order chi connectivity index (χ1) is 12.9. The van der Waals surface area contributed by atoms with Gasteiger partial charge in [0.15, 0.2) is 0 Å². The van der Waals surface area contributed by atoms with Gasteiger partial charge in [-0.1, -0.05) is 49.4 Å². The largest absolute Gasteiger partial charge is 0.341 e. The van der Waals surface area contributed by atoms with Crippen LogP contribution in [-0.2, 0) is 10.0 Å². The summed E-state index contributed by atoms with van der Waals surface area (Å²) in [5.41, 5.74) is 1.06. The standard InChI is InChI=1S/C20H21ClN2O3S/c1-3-23(4-2)27(25,26)18-13-11-17(12-14-18)20(24)22-15-7-9-16-8-5-6-10-19(16)21/h5-6,8,10-14H,3-4,15H2,1-2H3,(H,22,24). The first-order valence-corrected chi connectivity index (χ1v) is 10.3. The van der Waals surface area contributed by atoms with Crippen LogP contribution in [0.5, 0.6) is 0 Å². The molecule has 7 heteroatoms. The minimum absolute atomic E-state index is 0.156. The molecule has 0 aliphatic carbocycles. The average Bonchev–Trinajstić information content (AvgIpc) is 2.67. The van der Waals surface area contributed by atoms with Gasteiger partial charge in [-0.15, -0.1) is 0 Å². The summed E-state index contributed by atoms with van der Waals surface area (Å²) < 4.78 is 26.3. The number of carbonyl (C=O) groups excluding carboxylic acids is 1. The van der Waals surface area contributed by atoms with E-state index in [1.807, 2.05) is 12.1 Å². The molecule has 0 aliphatic rings. The van der Waals surface area contributed by atoms with E-state index in [-0.39, 0.29) is 17.3 Å². The number of hydrogen-bond acceptors (Lipinski definition) is 3. The minimum atomic E-state index is -3.53. The lowest BCUT2D eigenvalue weighted by molar-refractivity contribution is 0.0958. The van der Waals surface area contributed by atoms with Crippen molar-refractivity contribution in [2.75, 3.05) is 19.6 Å². The lowest BCUT2D eigenvalue weighted by Gasteiger charge is -2.18. The van der Waals surface area contributed by atoms with Crippen LogP contribution in [0.15, 0.2) is 53.4 Å². The summed E-state index contributed by atoms with van der Waals surface area (Å²) in [5.74, 6) is 5.41. The van der Waals surface area contributed by atoms with Gasteiger partial charge in [-0.05, 0) is 36.4 Å². The van der Waals surface area contributed by atoms with E-state index >= 15 is 0 Å². The fraction of sp³-hybridized carbons (Fsp3) is 0.250. The number of amides is 1. The zero-order chi connectivity index (χ0) is 19.9.